The zero-order valence-corrected chi connectivity index (χ0v) is 11.4. The number of nitrogens with zero attached hydrogens (tertiary/aromatic N) is 5. The maximum absolute atomic E-state index is 6.04. The lowest BCUT2D eigenvalue weighted by Crippen LogP contribution is -2.29. The highest BCUT2D eigenvalue weighted by Crippen LogP contribution is 2.30. The molecule has 98 valence electrons. The number of anilines is 2. The van der Waals surface area contributed by atoms with Gasteiger partial charge in [0.1, 0.15) is 0 Å². The van der Waals surface area contributed by atoms with E-state index in [1.807, 2.05) is 0 Å². The van der Waals surface area contributed by atoms with E-state index < -0.39 is 0 Å². The summed E-state index contributed by atoms with van der Waals surface area (Å²) in [6, 6.07) is 0.597. The zero-order chi connectivity index (χ0) is 12.5. The van der Waals surface area contributed by atoms with Crippen molar-refractivity contribution >= 4 is 23.5 Å². The SMILES string of the molecule is CCN(c1nc(Cl)nc(N2CCCC2)n1)C1CC1. The molecule has 1 aliphatic carbocycles. The molecule has 0 atom stereocenters. The van der Waals surface area contributed by atoms with Crippen LogP contribution in [0.25, 0.3) is 0 Å². The van der Waals surface area contributed by atoms with Crippen molar-refractivity contribution in [1.29, 1.82) is 0 Å². The van der Waals surface area contributed by atoms with Crippen LogP contribution in [-0.2, 0) is 0 Å². The minimum absolute atomic E-state index is 0.306. The van der Waals surface area contributed by atoms with Gasteiger partial charge in [0.05, 0.1) is 0 Å². The maximum atomic E-state index is 6.04. The number of halogens is 1. The molecule has 3 rings (SSSR count). The smallest absolute Gasteiger partial charge is 0.231 e. The van der Waals surface area contributed by atoms with E-state index in [0.29, 0.717) is 11.3 Å². The summed E-state index contributed by atoms with van der Waals surface area (Å²) >= 11 is 6.04. The zero-order valence-electron chi connectivity index (χ0n) is 10.6. The van der Waals surface area contributed by atoms with Crippen molar-refractivity contribution in [1.82, 2.24) is 15.0 Å². The lowest BCUT2D eigenvalue weighted by Gasteiger charge is -2.22. The van der Waals surface area contributed by atoms with Crippen molar-refractivity contribution in [3.05, 3.63) is 5.28 Å². The molecule has 1 aliphatic heterocycles. The van der Waals surface area contributed by atoms with Gasteiger partial charge in [-0.1, -0.05) is 0 Å². The van der Waals surface area contributed by atoms with Crippen LogP contribution >= 0.6 is 11.6 Å². The fourth-order valence-corrected chi connectivity index (χ4v) is 2.62. The minimum Gasteiger partial charge on any atom is -0.341 e. The molecule has 0 radical (unpaired) electrons. The molecule has 18 heavy (non-hydrogen) atoms. The normalized spacial score (nSPS) is 19.3. The second-order valence-corrected chi connectivity index (χ2v) is 5.25. The number of hydrogen-bond acceptors (Lipinski definition) is 5. The predicted molar refractivity (Wildman–Crippen MR) is 72.3 cm³/mol. The maximum Gasteiger partial charge on any atom is 0.231 e. The van der Waals surface area contributed by atoms with Gasteiger partial charge in [0.25, 0.3) is 0 Å². The molecule has 0 N–H and O–H groups in total. The Morgan fingerprint density at radius 2 is 1.94 bits per heavy atom. The van der Waals surface area contributed by atoms with Crippen LogP contribution in [0.5, 0.6) is 0 Å². The molecule has 0 aromatic carbocycles. The molecule has 1 saturated carbocycles. The molecule has 0 amide bonds. The Labute approximate surface area is 112 Å². The van der Waals surface area contributed by atoms with Gasteiger partial charge in [-0.25, -0.2) is 0 Å². The first kappa shape index (κ1) is 12.0. The molecule has 2 heterocycles. The van der Waals surface area contributed by atoms with Crippen molar-refractivity contribution in [2.24, 2.45) is 0 Å². The Morgan fingerprint density at radius 1 is 1.22 bits per heavy atom. The number of aromatic nitrogens is 3. The summed E-state index contributed by atoms with van der Waals surface area (Å²) in [6.07, 6.45) is 4.88. The lowest BCUT2D eigenvalue weighted by atomic mass is 10.4. The van der Waals surface area contributed by atoms with E-state index in [4.69, 9.17) is 11.6 Å². The van der Waals surface area contributed by atoms with E-state index >= 15 is 0 Å². The Bertz CT molecular complexity index is 428. The highest BCUT2D eigenvalue weighted by atomic mass is 35.5. The second kappa shape index (κ2) is 4.88. The Kier molecular flexibility index (Phi) is 3.24. The highest BCUT2D eigenvalue weighted by molar-refractivity contribution is 6.28. The van der Waals surface area contributed by atoms with Gasteiger partial charge in [0.2, 0.25) is 17.2 Å². The van der Waals surface area contributed by atoms with Crippen LogP contribution in [0.1, 0.15) is 32.6 Å². The van der Waals surface area contributed by atoms with Gasteiger partial charge in [-0.3, -0.25) is 0 Å². The van der Waals surface area contributed by atoms with E-state index in [1.165, 1.54) is 25.7 Å². The molecule has 5 nitrogen and oxygen atoms in total. The summed E-state index contributed by atoms with van der Waals surface area (Å²) in [7, 11) is 0. The van der Waals surface area contributed by atoms with Crippen LogP contribution in [-0.4, -0.2) is 40.6 Å². The molecular formula is C12H18ClN5. The molecule has 0 spiro atoms. The van der Waals surface area contributed by atoms with E-state index in [-0.39, 0.29) is 0 Å². The van der Waals surface area contributed by atoms with E-state index in [2.05, 4.69) is 31.7 Å². The summed E-state index contributed by atoms with van der Waals surface area (Å²) < 4.78 is 0. The van der Waals surface area contributed by atoms with Crippen molar-refractivity contribution < 1.29 is 0 Å². The van der Waals surface area contributed by atoms with Crippen molar-refractivity contribution in [2.75, 3.05) is 29.4 Å². The Hall–Kier alpha value is -1.10. The van der Waals surface area contributed by atoms with Crippen molar-refractivity contribution in [3.63, 3.8) is 0 Å². The van der Waals surface area contributed by atoms with Gasteiger partial charge < -0.3 is 9.80 Å². The van der Waals surface area contributed by atoms with Crippen LogP contribution < -0.4 is 9.80 Å². The fourth-order valence-electron chi connectivity index (χ4n) is 2.47. The van der Waals surface area contributed by atoms with Gasteiger partial charge in [0.15, 0.2) is 0 Å². The van der Waals surface area contributed by atoms with E-state index in [1.54, 1.807) is 0 Å². The molecule has 1 saturated heterocycles. The molecule has 2 aliphatic rings. The summed E-state index contributed by atoms with van der Waals surface area (Å²) in [5.74, 6) is 1.48. The van der Waals surface area contributed by atoms with Crippen LogP contribution in [0.3, 0.4) is 0 Å². The van der Waals surface area contributed by atoms with Crippen LogP contribution in [0.15, 0.2) is 0 Å². The average Bonchev–Trinajstić information content (AvgIpc) is 3.04. The monoisotopic (exact) mass is 267 g/mol. The van der Waals surface area contributed by atoms with E-state index in [9.17, 15) is 0 Å². The summed E-state index contributed by atoms with van der Waals surface area (Å²) in [6.45, 7) is 5.10. The minimum atomic E-state index is 0.306. The highest BCUT2D eigenvalue weighted by Gasteiger charge is 2.30. The molecule has 1 aromatic heterocycles. The van der Waals surface area contributed by atoms with Gasteiger partial charge in [0, 0.05) is 25.7 Å². The van der Waals surface area contributed by atoms with Crippen LogP contribution in [0, 0.1) is 0 Å². The summed E-state index contributed by atoms with van der Waals surface area (Å²) in [4.78, 5) is 17.5. The molecule has 2 fully saturated rings. The Balaban J connectivity index is 1.89. The molecule has 0 bridgehead atoms. The molecule has 1 aromatic rings. The number of rotatable bonds is 4. The van der Waals surface area contributed by atoms with Crippen molar-refractivity contribution in [2.45, 2.75) is 38.6 Å². The van der Waals surface area contributed by atoms with Gasteiger partial charge >= 0.3 is 0 Å². The average molecular weight is 268 g/mol. The van der Waals surface area contributed by atoms with Crippen LogP contribution in [0.4, 0.5) is 11.9 Å². The quantitative estimate of drug-likeness (QED) is 0.836. The van der Waals surface area contributed by atoms with Crippen LogP contribution in [0.2, 0.25) is 5.28 Å². The first-order chi connectivity index (χ1) is 8.78. The van der Waals surface area contributed by atoms with Crippen molar-refractivity contribution in [3.8, 4) is 0 Å². The standard InChI is InChI=1S/C12H18ClN5/c1-2-18(9-5-6-9)12-15-10(13)14-11(16-12)17-7-3-4-8-17/h9H,2-8H2,1H3. The molecule has 6 heteroatoms. The Morgan fingerprint density at radius 3 is 2.56 bits per heavy atom. The van der Waals surface area contributed by atoms with E-state index in [0.717, 1.165) is 31.5 Å². The van der Waals surface area contributed by atoms with Gasteiger partial charge in [-0.05, 0) is 44.2 Å². The topological polar surface area (TPSA) is 45.2 Å². The third kappa shape index (κ3) is 2.36. The lowest BCUT2D eigenvalue weighted by molar-refractivity contribution is 0.769. The first-order valence-electron chi connectivity index (χ1n) is 6.71. The third-order valence-electron chi connectivity index (χ3n) is 3.56. The second-order valence-electron chi connectivity index (χ2n) is 4.92. The van der Waals surface area contributed by atoms with Gasteiger partial charge in [-0.15, -0.1) is 0 Å². The summed E-state index contributed by atoms with van der Waals surface area (Å²) in [5.41, 5.74) is 0. The predicted octanol–water partition coefficient (Wildman–Crippen LogP) is 2.11. The van der Waals surface area contributed by atoms with Gasteiger partial charge in [-0.2, -0.15) is 15.0 Å². The fraction of sp³-hybridized carbons (Fsp3) is 0.750. The first-order valence-corrected chi connectivity index (χ1v) is 7.09. The largest absolute Gasteiger partial charge is 0.341 e. The third-order valence-corrected chi connectivity index (χ3v) is 3.73. The number of hydrogen-bond donors (Lipinski definition) is 0. The summed E-state index contributed by atoms with van der Waals surface area (Å²) in [5, 5.41) is 0.306. The molecule has 0 unspecified atom stereocenters. The molecular weight excluding hydrogens is 250 g/mol.